The van der Waals surface area contributed by atoms with E-state index in [1.807, 2.05) is 54.6 Å². The summed E-state index contributed by atoms with van der Waals surface area (Å²) in [6.07, 6.45) is 3.29. The second-order valence-electron chi connectivity index (χ2n) is 7.70. The molecule has 0 bridgehead atoms. The molecular formula is C24H27N5O. The highest BCUT2D eigenvalue weighted by Gasteiger charge is 2.28. The van der Waals surface area contributed by atoms with Gasteiger partial charge in [0.05, 0.1) is 5.70 Å². The van der Waals surface area contributed by atoms with Gasteiger partial charge in [0.1, 0.15) is 29.0 Å². The molecule has 2 aliphatic heterocycles. The quantitative estimate of drug-likeness (QED) is 0.667. The van der Waals surface area contributed by atoms with Gasteiger partial charge in [0.25, 0.3) is 0 Å². The number of benzene rings is 2. The van der Waals surface area contributed by atoms with E-state index in [1.165, 1.54) is 0 Å². The van der Waals surface area contributed by atoms with E-state index < -0.39 is 0 Å². The topological polar surface area (TPSA) is 95.5 Å². The average molecular weight is 402 g/mol. The fourth-order valence-electron chi connectivity index (χ4n) is 4.07. The van der Waals surface area contributed by atoms with E-state index in [-0.39, 0.29) is 0 Å². The Balaban J connectivity index is 1.50. The zero-order valence-corrected chi connectivity index (χ0v) is 17.0. The van der Waals surface area contributed by atoms with E-state index in [0.717, 1.165) is 56.0 Å². The van der Waals surface area contributed by atoms with Crippen LogP contribution in [0.5, 0.6) is 11.5 Å². The third kappa shape index (κ3) is 4.64. The van der Waals surface area contributed by atoms with Gasteiger partial charge < -0.3 is 21.1 Å². The maximum absolute atomic E-state index is 9.81. The molecule has 0 aromatic heterocycles. The Labute approximate surface area is 177 Å². The van der Waals surface area contributed by atoms with E-state index in [4.69, 9.17) is 10.5 Å². The predicted octanol–water partition coefficient (Wildman–Crippen LogP) is 3.43. The van der Waals surface area contributed by atoms with Crippen molar-refractivity contribution in [3.05, 3.63) is 65.7 Å². The lowest BCUT2D eigenvalue weighted by atomic mass is 9.87. The average Bonchev–Trinajstić information content (AvgIpc) is 2.81. The molecule has 0 aliphatic carbocycles. The number of hydrogen-bond donors (Lipinski definition) is 3. The molecular weight excluding hydrogens is 374 g/mol. The molecule has 1 saturated heterocycles. The van der Waals surface area contributed by atoms with Crippen molar-refractivity contribution in [2.75, 3.05) is 19.6 Å². The van der Waals surface area contributed by atoms with Gasteiger partial charge in [0.2, 0.25) is 0 Å². The van der Waals surface area contributed by atoms with E-state index in [1.54, 1.807) is 0 Å². The van der Waals surface area contributed by atoms with E-state index in [2.05, 4.69) is 21.7 Å². The molecule has 6 heteroatoms. The Morgan fingerprint density at radius 2 is 1.70 bits per heavy atom. The molecule has 154 valence electrons. The molecule has 1 atom stereocenters. The number of rotatable bonds is 5. The Kier molecular flexibility index (Phi) is 6.31. The van der Waals surface area contributed by atoms with Crippen LogP contribution < -0.4 is 21.1 Å². The second-order valence-corrected chi connectivity index (χ2v) is 7.70. The number of ether oxygens (including phenoxy) is 1. The Morgan fingerprint density at radius 1 is 1.00 bits per heavy atom. The van der Waals surface area contributed by atoms with Crippen molar-refractivity contribution in [3.63, 3.8) is 0 Å². The van der Waals surface area contributed by atoms with Gasteiger partial charge in [0, 0.05) is 12.6 Å². The number of nitrogens with one attached hydrogen (secondary N) is 2. The number of para-hydroxylation sites is 1. The van der Waals surface area contributed by atoms with Gasteiger partial charge in [-0.05, 0) is 80.2 Å². The number of piperidine rings is 1. The van der Waals surface area contributed by atoms with Crippen LogP contribution in [0.1, 0.15) is 24.8 Å². The van der Waals surface area contributed by atoms with E-state index in [0.29, 0.717) is 29.1 Å². The van der Waals surface area contributed by atoms with E-state index in [9.17, 15) is 5.26 Å². The molecule has 2 aromatic carbocycles. The SMILES string of the molecule is N#CC(C1=NCC[C@@H](C2CCNCC2)N1)=C(N)c1ccc(Oc2ccccc2)cc1. The van der Waals surface area contributed by atoms with Crippen LogP contribution in [0.15, 0.2) is 65.2 Å². The predicted molar refractivity (Wildman–Crippen MR) is 119 cm³/mol. The summed E-state index contributed by atoms with van der Waals surface area (Å²) in [5.41, 5.74) is 8.01. The van der Waals surface area contributed by atoms with Crippen molar-refractivity contribution in [1.82, 2.24) is 10.6 Å². The Bertz CT molecular complexity index is 953. The molecule has 0 radical (unpaired) electrons. The van der Waals surface area contributed by atoms with Crippen LogP contribution in [0.25, 0.3) is 5.70 Å². The van der Waals surface area contributed by atoms with Gasteiger partial charge in [0.15, 0.2) is 0 Å². The second kappa shape index (κ2) is 9.47. The molecule has 2 aromatic rings. The Hall–Kier alpha value is -3.30. The molecule has 0 spiro atoms. The summed E-state index contributed by atoms with van der Waals surface area (Å²) >= 11 is 0. The zero-order valence-electron chi connectivity index (χ0n) is 17.0. The van der Waals surface area contributed by atoms with Crippen LogP contribution in [0.2, 0.25) is 0 Å². The molecule has 4 rings (SSSR count). The van der Waals surface area contributed by atoms with E-state index >= 15 is 0 Å². The van der Waals surface area contributed by atoms with Crippen molar-refractivity contribution in [2.24, 2.45) is 16.6 Å². The summed E-state index contributed by atoms with van der Waals surface area (Å²) in [5.74, 6) is 2.72. The first-order chi connectivity index (χ1) is 14.7. The highest BCUT2D eigenvalue weighted by atomic mass is 16.5. The first-order valence-corrected chi connectivity index (χ1v) is 10.5. The van der Waals surface area contributed by atoms with Crippen LogP contribution in [0, 0.1) is 17.2 Å². The normalized spacial score (nSPS) is 20.4. The summed E-state index contributed by atoms with van der Waals surface area (Å²) in [4.78, 5) is 4.57. The summed E-state index contributed by atoms with van der Waals surface area (Å²) in [6.45, 7) is 2.82. The summed E-state index contributed by atoms with van der Waals surface area (Å²) in [6, 6.07) is 19.7. The number of nitrogens with two attached hydrogens (primary N) is 1. The van der Waals surface area contributed by atoms with Crippen molar-refractivity contribution in [3.8, 4) is 17.6 Å². The lowest BCUT2D eigenvalue weighted by Gasteiger charge is -2.34. The van der Waals surface area contributed by atoms with Crippen molar-refractivity contribution >= 4 is 11.5 Å². The van der Waals surface area contributed by atoms with Gasteiger partial charge in [-0.2, -0.15) is 5.26 Å². The van der Waals surface area contributed by atoms with Crippen molar-refractivity contribution < 1.29 is 4.74 Å². The lowest BCUT2D eigenvalue weighted by Crippen LogP contribution is -2.47. The van der Waals surface area contributed by atoms with Crippen LogP contribution in [-0.2, 0) is 0 Å². The minimum atomic E-state index is 0.345. The maximum Gasteiger partial charge on any atom is 0.141 e. The molecule has 0 unspecified atom stereocenters. The third-order valence-electron chi connectivity index (χ3n) is 5.75. The van der Waals surface area contributed by atoms with Gasteiger partial charge in [-0.1, -0.05) is 18.2 Å². The maximum atomic E-state index is 9.81. The number of nitrogens with zero attached hydrogens (tertiary/aromatic N) is 2. The highest BCUT2D eigenvalue weighted by molar-refractivity contribution is 6.08. The molecule has 30 heavy (non-hydrogen) atoms. The number of amidine groups is 1. The zero-order chi connectivity index (χ0) is 20.8. The first kappa shape index (κ1) is 20.0. The standard InChI is InChI=1S/C24H27N5O/c25-16-21(24-28-15-12-22(29-24)17-10-13-27-14-11-17)23(26)18-6-8-20(9-7-18)30-19-4-2-1-3-5-19/h1-9,17,22,27H,10-15,26H2,(H,28,29)/t22-/m0/s1. The van der Waals surface area contributed by atoms with Crippen molar-refractivity contribution in [1.29, 1.82) is 5.26 Å². The van der Waals surface area contributed by atoms with Gasteiger partial charge in [-0.25, -0.2) is 0 Å². The summed E-state index contributed by atoms with van der Waals surface area (Å²) < 4.78 is 5.83. The fraction of sp³-hybridized carbons (Fsp3) is 0.333. The van der Waals surface area contributed by atoms with Gasteiger partial charge >= 0.3 is 0 Å². The number of nitriles is 1. The van der Waals surface area contributed by atoms with Gasteiger partial charge in [-0.15, -0.1) is 0 Å². The molecule has 0 amide bonds. The van der Waals surface area contributed by atoms with Crippen LogP contribution in [0.3, 0.4) is 0 Å². The fourth-order valence-corrected chi connectivity index (χ4v) is 4.07. The third-order valence-corrected chi connectivity index (χ3v) is 5.75. The van der Waals surface area contributed by atoms with Crippen molar-refractivity contribution in [2.45, 2.75) is 25.3 Å². The van der Waals surface area contributed by atoms with Crippen LogP contribution in [-0.4, -0.2) is 31.5 Å². The van der Waals surface area contributed by atoms with Gasteiger partial charge in [-0.3, -0.25) is 4.99 Å². The summed E-state index contributed by atoms with van der Waals surface area (Å²) in [5, 5.41) is 16.7. The molecule has 6 nitrogen and oxygen atoms in total. The summed E-state index contributed by atoms with van der Waals surface area (Å²) in [7, 11) is 0. The Morgan fingerprint density at radius 3 is 2.40 bits per heavy atom. The lowest BCUT2D eigenvalue weighted by molar-refractivity contribution is 0.287. The number of aliphatic imine (C=N–C) groups is 1. The van der Waals surface area contributed by atoms with Crippen LogP contribution in [0.4, 0.5) is 0 Å². The highest BCUT2D eigenvalue weighted by Crippen LogP contribution is 2.25. The smallest absolute Gasteiger partial charge is 0.141 e. The molecule has 4 N–H and O–H groups in total. The molecule has 1 fully saturated rings. The molecule has 0 saturated carbocycles. The first-order valence-electron chi connectivity index (χ1n) is 10.5. The minimum Gasteiger partial charge on any atom is -0.457 e. The number of hydrogen-bond acceptors (Lipinski definition) is 6. The largest absolute Gasteiger partial charge is 0.457 e. The molecule has 2 aliphatic rings. The minimum absolute atomic E-state index is 0.345. The molecule has 2 heterocycles. The van der Waals surface area contributed by atoms with Crippen LogP contribution >= 0.6 is 0 Å². The monoisotopic (exact) mass is 401 g/mol.